The van der Waals surface area contributed by atoms with E-state index in [2.05, 4.69) is 0 Å². The Labute approximate surface area is 64.4 Å². The average Bonchev–Trinajstić information content (AvgIpc) is 2.33. The lowest BCUT2D eigenvalue weighted by atomic mass is 10.1. The minimum Gasteiger partial charge on any atom is -0.481 e. The van der Waals surface area contributed by atoms with Crippen molar-refractivity contribution in [3.05, 3.63) is 0 Å². The van der Waals surface area contributed by atoms with Crippen LogP contribution in [-0.4, -0.2) is 17.0 Å². The van der Waals surface area contributed by atoms with Crippen LogP contribution in [0.1, 0.15) is 19.3 Å². The molecule has 3 N–H and O–H groups in total. The second kappa shape index (κ2) is 2.90. The molecule has 2 atom stereocenters. The molecule has 4 nitrogen and oxygen atoms in total. The first-order chi connectivity index (χ1) is 5.11. The SMILES string of the molecule is NC(=O)[C@H]1CC[C@@H](C(=O)O)C1. The molecule has 0 saturated heterocycles. The summed E-state index contributed by atoms with van der Waals surface area (Å²) >= 11 is 0. The first-order valence-electron chi connectivity index (χ1n) is 3.63. The zero-order chi connectivity index (χ0) is 8.43. The Kier molecular flexibility index (Phi) is 2.12. The highest BCUT2D eigenvalue weighted by Gasteiger charge is 2.32. The minimum atomic E-state index is -0.811. The maximum Gasteiger partial charge on any atom is 0.306 e. The van der Waals surface area contributed by atoms with Crippen LogP contribution < -0.4 is 5.73 Å². The molecular formula is C7H11NO3. The van der Waals surface area contributed by atoms with Crippen molar-refractivity contribution >= 4 is 11.9 Å². The van der Waals surface area contributed by atoms with Crippen molar-refractivity contribution in [1.82, 2.24) is 0 Å². The normalized spacial score (nSPS) is 30.2. The van der Waals surface area contributed by atoms with E-state index in [1.165, 1.54) is 0 Å². The Balaban J connectivity index is 2.47. The molecule has 62 valence electrons. The molecule has 0 heterocycles. The second-order valence-corrected chi connectivity index (χ2v) is 2.95. The van der Waals surface area contributed by atoms with E-state index in [4.69, 9.17) is 10.8 Å². The summed E-state index contributed by atoms with van der Waals surface area (Å²) in [4.78, 5) is 21.0. The highest BCUT2D eigenvalue weighted by Crippen LogP contribution is 2.30. The van der Waals surface area contributed by atoms with Gasteiger partial charge < -0.3 is 10.8 Å². The van der Waals surface area contributed by atoms with Gasteiger partial charge in [0.05, 0.1) is 5.92 Å². The van der Waals surface area contributed by atoms with Crippen LogP contribution in [0.15, 0.2) is 0 Å². The van der Waals surface area contributed by atoms with Crippen molar-refractivity contribution in [3.63, 3.8) is 0 Å². The van der Waals surface area contributed by atoms with Crippen molar-refractivity contribution in [2.75, 3.05) is 0 Å². The predicted octanol–water partition coefficient (Wildman–Crippen LogP) is -0.0274. The molecule has 0 radical (unpaired) electrons. The molecule has 1 aliphatic carbocycles. The zero-order valence-corrected chi connectivity index (χ0v) is 6.12. The summed E-state index contributed by atoms with van der Waals surface area (Å²) in [5.74, 6) is -1.74. The average molecular weight is 157 g/mol. The molecule has 1 saturated carbocycles. The van der Waals surface area contributed by atoms with E-state index in [0.29, 0.717) is 19.3 Å². The van der Waals surface area contributed by atoms with Gasteiger partial charge in [0.15, 0.2) is 0 Å². The fraction of sp³-hybridized carbons (Fsp3) is 0.714. The van der Waals surface area contributed by atoms with Crippen LogP contribution in [0.4, 0.5) is 0 Å². The van der Waals surface area contributed by atoms with Gasteiger partial charge in [-0.3, -0.25) is 9.59 Å². The first kappa shape index (κ1) is 8.04. The Morgan fingerprint density at radius 3 is 2.09 bits per heavy atom. The molecule has 1 aliphatic rings. The number of nitrogens with two attached hydrogens (primary N) is 1. The van der Waals surface area contributed by atoms with Crippen LogP contribution in [0.5, 0.6) is 0 Å². The first-order valence-corrected chi connectivity index (χ1v) is 3.63. The Hall–Kier alpha value is -1.06. The summed E-state index contributed by atoms with van der Waals surface area (Å²) in [6, 6.07) is 0. The van der Waals surface area contributed by atoms with Crippen molar-refractivity contribution < 1.29 is 14.7 Å². The Morgan fingerprint density at radius 1 is 1.27 bits per heavy atom. The molecule has 0 aromatic heterocycles. The van der Waals surface area contributed by atoms with Gasteiger partial charge in [-0.15, -0.1) is 0 Å². The number of carbonyl (C=O) groups is 2. The van der Waals surface area contributed by atoms with E-state index in [1.54, 1.807) is 0 Å². The third kappa shape index (κ3) is 1.69. The zero-order valence-electron chi connectivity index (χ0n) is 6.12. The smallest absolute Gasteiger partial charge is 0.306 e. The number of hydrogen-bond acceptors (Lipinski definition) is 2. The number of rotatable bonds is 2. The predicted molar refractivity (Wildman–Crippen MR) is 37.7 cm³/mol. The van der Waals surface area contributed by atoms with Crippen LogP contribution in [0.25, 0.3) is 0 Å². The summed E-state index contributed by atoms with van der Waals surface area (Å²) in [5.41, 5.74) is 5.03. The topological polar surface area (TPSA) is 80.4 Å². The number of carboxylic acids is 1. The number of hydrogen-bond donors (Lipinski definition) is 2. The van der Waals surface area contributed by atoms with Gasteiger partial charge in [-0.1, -0.05) is 0 Å². The quantitative estimate of drug-likeness (QED) is 0.590. The molecule has 1 rings (SSSR count). The molecule has 1 fully saturated rings. The van der Waals surface area contributed by atoms with E-state index >= 15 is 0 Å². The van der Waals surface area contributed by atoms with Gasteiger partial charge >= 0.3 is 5.97 Å². The van der Waals surface area contributed by atoms with Gasteiger partial charge in [-0.2, -0.15) is 0 Å². The maximum absolute atomic E-state index is 10.6. The van der Waals surface area contributed by atoms with Crippen LogP contribution in [-0.2, 0) is 9.59 Å². The van der Waals surface area contributed by atoms with Gasteiger partial charge in [0.2, 0.25) is 5.91 Å². The molecule has 11 heavy (non-hydrogen) atoms. The summed E-state index contributed by atoms with van der Waals surface area (Å²) in [5, 5.41) is 8.56. The monoisotopic (exact) mass is 157 g/mol. The highest BCUT2D eigenvalue weighted by molar-refractivity contribution is 5.79. The number of amides is 1. The molecule has 0 aromatic rings. The standard InChI is InChI=1S/C7H11NO3/c8-6(9)4-1-2-5(3-4)7(10)11/h4-5H,1-3H2,(H2,8,9)(H,10,11)/t4-,5+/m0/s1. The summed E-state index contributed by atoms with van der Waals surface area (Å²) in [6.45, 7) is 0. The van der Waals surface area contributed by atoms with Crippen LogP contribution in [0.2, 0.25) is 0 Å². The minimum absolute atomic E-state index is 0.212. The number of carbonyl (C=O) groups excluding carboxylic acids is 1. The van der Waals surface area contributed by atoms with Crippen molar-refractivity contribution in [1.29, 1.82) is 0 Å². The molecule has 4 heteroatoms. The lowest BCUT2D eigenvalue weighted by Crippen LogP contribution is -2.21. The molecule has 0 spiro atoms. The van der Waals surface area contributed by atoms with E-state index in [0.717, 1.165) is 0 Å². The molecule has 0 unspecified atom stereocenters. The molecule has 0 aliphatic heterocycles. The Bertz CT molecular complexity index is 170. The summed E-state index contributed by atoms with van der Waals surface area (Å²) in [7, 11) is 0. The van der Waals surface area contributed by atoms with Gasteiger partial charge in [0.25, 0.3) is 0 Å². The van der Waals surface area contributed by atoms with Crippen molar-refractivity contribution in [2.45, 2.75) is 19.3 Å². The molecular weight excluding hydrogens is 146 g/mol. The van der Waals surface area contributed by atoms with Gasteiger partial charge in [0.1, 0.15) is 0 Å². The lowest BCUT2D eigenvalue weighted by molar-refractivity contribution is -0.141. The van der Waals surface area contributed by atoms with Gasteiger partial charge in [0, 0.05) is 5.92 Å². The van der Waals surface area contributed by atoms with E-state index in [9.17, 15) is 9.59 Å². The molecule has 1 amide bonds. The maximum atomic E-state index is 10.6. The number of primary amides is 1. The summed E-state index contributed by atoms with van der Waals surface area (Å²) in [6.07, 6.45) is 1.64. The second-order valence-electron chi connectivity index (χ2n) is 2.95. The van der Waals surface area contributed by atoms with Crippen LogP contribution in [0, 0.1) is 11.8 Å². The van der Waals surface area contributed by atoms with Crippen LogP contribution in [0.3, 0.4) is 0 Å². The van der Waals surface area contributed by atoms with Crippen LogP contribution >= 0.6 is 0 Å². The van der Waals surface area contributed by atoms with Gasteiger partial charge in [-0.25, -0.2) is 0 Å². The third-order valence-electron chi connectivity index (χ3n) is 2.18. The fourth-order valence-electron chi connectivity index (χ4n) is 1.46. The van der Waals surface area contributed by atoms with Crippen molar-refractivity contribution in [2.24, 2.45) is 17.6 Å². The Morgan fingerprint density at radius 2 is 1.82 bits per heavy atom. The number of aliphatic carboxylic acids is 1. The van der Waals surface area contributed by atoms with E-state index in [-0.39, 0.29) is 17.7 Å². The highest BCUT2D eigenvalue weighted by atomic mass is 16.4. The van der Waals surface area contributed by atoms with E-state index < -0.39 is 5.97 Å². The largest absolute Gasteiger partial charge is 0.481 e. The summed E-state index contributed by atoms with van der Waals surface area (Å²) < 4.78 is 0. The third-order valence-corrected chi connectivity index (χ3v) is 2.18. The van der Waals surface area contributed by atoms with Gasteiger partial charge in [-0.05, 0) is 19.3 Å². The lowest BCUT2D eigenvalue weighted by Gasteiger charge is -2.02. The number of carboxylic acid groups (broad SMARTS) is 1. The molecule has 0 bridgehead atoms. The van der Waals surface area contributed by atoms with E-state index in [1.807, 2.05) is 0 Å². The molecule has 0 aromatic carbocycles. The van der Waals surface area contributed by atoms with Crippen molar-refractivity contribution in [3.8, 4) is 0 Å². The fourth-order valence-corrected chi connectivity index (χ4v) is 1.46.